The van der Waals surface area contributed by atoms with E-state index >= 15 is 0 Å². The Morgan fingerprint density at radius 2 is 2.24 bits per heavy atom. The van der Waals surface area contributed by atoms with Crippen molar-refractivity contribution >= 4 is 21.8 Å². The van der Waals surface area contributed by atoms with Gasteiger partial charge in [-0.2, -0.15) is 5.10 Å². The summed E-state index contributed by atoms with van der Waals surface area (Å²) >= 11 is 3.43. The predicted octanol–water partition coefficient (Wildman–Crippen LogP) is 2.67. The summed E-state index contributed by atoms with van der Waals surface area (Å²) in [4.78, 5) is 11.8. The molecular formula is C15H16BrN3O2. The highest BCUT2D eigenvalue weighted by Gasteiger charge is 2.23. The van der Waals surface area contributed by atoms with Gasteiger partial charge in [-0.1, -0.05) is 28.1 Å². The van der Waals surface area contributed by atoms with Gasteiger partial charge in [-0.3, -0.25) is 9.48 Å². The normalized spacial score (nSPS) is 17.3. The third-order valence-electron chi connectivity index (χ3n) is 3.45. The van der Waals surface area contributed by atoms with Crippen LogP contribution in [0, 0.1) is 0 Å². The highest BCUT2D eigenvalue weighted by molar-refractivity contribution is 9.10. The summed E-state index contributed by atoms with van der Waals surface area (Å²) in [6.07, 6.45) is -0.0346. The first-order chi connectivity index (χ1) is 10.2. The number of hydrogen-bond acceptors (Lipinski definition) is 3. The molecule has 0 fully saturated rings. The molecule has 5 nitrogen and oxygen atoms in total. The van der Waals surface area contributed by atoms with Crippen molar-refractivity contribution in [2.24, 2.45) is 0 Å². The van der Waals surface area contributed by atoms with Crippen molar-refractivity contribution in [1.29, 1.82) is 0 Å². The van der Waals surface area contributed by atoms with Gasteiger partial charge in [0, 0.05) is 11.0 Å². The second-order valence-electron chi connectivity index (χ2n) is 4.91. The molecule has 1 aromatic carbocycles. The molecule has 1 amide bonds. The Morgan fingerprint density at radius 3 is 2.95 bits per heavy atom. The summed E-state index contributed by atoms with van der Waals surface area (Å²) in [6.45, 7) is 3.57. The quantitative estimate of drug-likeness (QED) is 0.926. The van der Waals surface area contributed by atoms with E-state index < -0.39 is 0 Å². The number of halogens is 1. The van der Waals surface area contributed by atoms with Crippen molar-refractivity contribution in [3.05, 3.63) is 51.8 Å². The van der Waals surface area contributed by atoms with Gasteiger partial charge in [-0.15, -0.1) is 0 Å². The van der Waals surface area contributed by atoms with E-state index in [1.54, 1.807) is 6.07 Å². The number of rotatable bonds is 3. The molecule has 21 heavy (non-hydrogen) atoms. The molecule has 6 heteroatoms. The van der Waals surface area contributed by atoms with Gasteiger partial charge in [0.05, 0.1) is 18.8 Å². The van der Waals surface area contributed by atoms with Crippen LogP contribution in [-0.2, 0) is 17.9 Å². The van der Waals surface area contributed by atoms with E-state index in [2.05, 4.69) is 26.3 Å². The maximum absolute atomic E-state index is 11.8. The van der Waals surface area contributed by atoms with Gasteiger partial charge >= 0.3 is 0 Å². The van der Waals surface area contributed by atoms with Gasteiger partial charge in [-0.05, 0) is 30.7 Å². The van der Waals surface area contributed by atoms with Gasteiger partial charge in [0.1, 0.15) is 6.10 Å². The molecule has 0 bridgehead atoms. The van der Waals surface area contributed by atoms with Gasteiger partial charge in [0.2, 0.25) is 0 Å². The highest BCUT2D eigenvalue weighted by Crippen LogP contribution is 2.27. The SMILES string of the molecule is CCNC(=O)c1cc2n(n1)C[C@H](c1ccc(Br)cc1)OC2. The third kappa shape index (κ3) is 3.01. The Balaban J connectivity index is 1.79. The van der Waals surface area contributed by atoms with Crippen LogP contribution < -0.4 is 5.32 Å². The van der Waals surface area contributed by atoms with Crippen LogP contribution in [0.15, 0.2) is 34.8 Å². The number of carbonyl (C=O) groups excluding carboxylic acids is 1. The monoisotopic (exact) mass is 349 g/mol. The van der Waals surface area contributed by atoms with Crippen molar-refractivity contribution in [3.8, 4) is 0 Å². The second kappa shape index (κ2) is 5.99. The molecule has 0 spiro atoms. The van der Waals surface area contributed by atoms with Gasteiger partial charge in [-0.25, -0.2) is 0 Å². The number of fused-ring (bicyclic) bond motifs is 1. The lowest BCUT2D eigenvalue weighted by atomic mass is 10.1. The predicted molar refractivity (Wildman–Crippen MR) is 81.9 cm³/mol. The minimum Gasteiger partial charge on any atom is -0.365 e. The molecule has 1 aromatic heterocycles. The van der Waals surface area contributed by atoms with Crippen LogP contribution in [0.3, 0.4) is 0 Å². The Labute approximate surface area is 131 Å². The van der Waals surface area contributed by atoms with Gasteiger partial charge in [0.15, 0.2) is 5.69 Å². The number of hydrogen-bond donors (Lipinski definition) is 1. The number of aromatic nitrogens is 2. The van der Waals surface area contributed by atoms with Crippen molar-refractivity contribution in [1.82, 2.24) is 15.1 Å². The number of carbonyl (C=O) groups is 1. The number of ether oxygens (including phenoxy) is 1. The average Bonchev–Trinajstić information content (AvgIpc) is 2.91. The molecule has 3 rings (SSSR count). The summed E-state index contributed by atoms with van der Waals surface area (Å²) < 4.78 is 8.78. The summed E-state index contributed by atoms with van der Waals surface area (Å²) in [6, 6.07) is 9.86. The van der Waals surface area contributed by atoms with Crippen LogP contribution in [-0.4, -0.2) is 22.2 Å². The van der Waals surface area contributed by atoms with Crippen LogP contribution in [0.4, 0.5) is 0 Å². The summed E-state index contributed by atoms with van der Waals surface area (Å²) in [5.41, 5.74) is 2.50. The molecule has 2 aromatic rings. The first kappa shape index (κ1) is 14.3. The number of nitrogens with zero attached hydrogens (tertiary/aromatic N) is 2. The van der Waals surface area contributed by atoms with Gasteiger partial charge < -0.3 is 10.1 Å². The lowest BCUT2D eigenvalue weighted by Gasteiger charge is -2.24. The number of benzene rings is 1. The van der Waals surface area contributed by atoms with E-state index in [0.29, 0.717) is 25.4 Å². The average molecular weight is 350 g/mol. The molecule has 1 N–H and O–H groups in total. The van der Waals surface area contributed by atoms with Crippen molar-refractivity contribution in [2.75, 3.05) is 6.54 Å². The fraction of sp³-hybridized carbons (Fsp3) is 0.333. The zero-order valence-electron chi connectivity index (χ0n) is 11.7. The number of amides is 1. The maximum atomic E-state index is 11.8. The molecule has 110 valence electrons. The minimum atomic E-state index is -0.139. The van der Waals surface area contributed by atoms with E-state index in [-0.39, 0.29) is 12.0 Å². The zero-order valence-corrected chi connectivity index (χ0v) is 13.3. The first-order valence-corrected chi connectivity index (χ1v) is 7.68. The Kier molecular flexibility index (Phi) is 4.07. The standard InChI is InChI=1S/C15H16BrN3O2/c1-2-17-15(20)13-7-12-9-21-14(8-19(12)18-13)10-3-5-11(16)6-4-10/h3-7,14H,2,8-9H2,1H3,(H,17,20)/t14-/m1/s1. The summed E-state index contributed by atoms with van der Waals surface area (Å²) in [5.74, 6) is -0.139. The third-order valence-corrected chi connectivity index (χ3v) is 3.97. The van der Waals surface area contributed by atoms with Crippen LogP contribution >= 0.6 is 15.9 Å². The molecular weight excluding hydrogens is 334 g/mol. The lowest BCUT2D eigenvalue weighted by molar-refractivity contribution is -0.00120. The van der Waals surface area contributed by atoms with Crippen LogP contribution in [0.25, 0.3) is 0 Å². The topological polar surface area (TPSA) is 56.2 Å². The fourth-order valence-corrected chi connectivity index (χ4v) is 2.63. The first-order valence-electron chi connectivity index (χ1n) is 6.89. The molecule has 1 aliphatic rings. The summed E-state index contributed by atoms with van der Waals surface area (Å²) in [5, 5.41) is 7.14. The number of nitrogens with one attached hydrogen (secondary N) is 1. The second-order valence-corrected chi connectivity index (χ2v) is 5.83. The van der Waals surface area contributed by atoms with E-state index in [1.807, 2.05) is 35.9 Å². The van der Waals surface area contributed by atoms with E-state index in [1.165, 1.54) is 0 Å². The van der Waals surface area contributed by atoms with Crippen molar-refractivity contribution < 1.29 is 9.53 Å². The van der Waals surface area contributed by atoms with E-state index in [0.717, 1.165) is 15.7 Å². The molecule has 0 unspecified atom stereocenters. The lowest BCUT2D eigenvalue weighted by Crippen LogP contribution is -2.24. The molecule has 2 heterocycles. The largest absolute Gasteiger partial charge is 0.365 e. The molecule has 1 aliphatic heterocycles. The Morgan fingerprint density at radius 1 is 1.48 bits per heavy atom. The molecule has 0 aliphatic carbocycles. The van der Waals surface area contributed by atoms with Gasteiger partial charge in [0.25, 0.3) is 5.91 Å². The molecule has 1 atom stereocenters. The van der Waals surface area contributed by atoms with Crippen LogP contribution in [0.5, 0.6) is 0 Å². The maximum Gasteiger partial charge on any atom is 0.271 e. The van der Waals surface area contributed by atoms with E-state index in [9.17, 15) is 4.79 Å². The van der Waals surface area contributed by atoms with Crippen molar-refractivity contribution in [2.45, 2.75) is 26.2 Å². The molecule has 0 saturated carbocycles. The molecule has 0 radical (unpaired) electrons. The molecule has 0 saturated heterocycles. The highest BCUT2D eigenvalue weighted by atomic mass is 79.9. The summed E-state index contributed by atoms with van der Waals surface area (Å²) in [7, 11) is 0. The van der Waals surface area contributed by atoms with E-state index in [4.69, 9.17) is 4.74 Å². The zero-order chi connectivity index (χ0) is 14.8. The smallest absolute Gasteiger partial charge is 0.271 e. The van der Waals surface area contributed by atoms with Crippen molar-refractivity contribution in [3.63, 3.8) is 0 Å². The Hall–Kier alpha value is -1.66. The fourth-order valence-electron chi connectivity index (χ4n) is 2.37. The van der Waals surface area contributed by atoms with Crippen LogP contribution in [0.2, 0.25) is 0 Å². The minimum absolute atomic E-state index is 0.0346. The van der Waals surface area contributed by atoms with Crippen LogP contribution in [0.1, 0.15) is 34.8 Å². The Bertz CT molecular complexity index is 651.